The van der Waals surface area contributed by atoms with E-state index in [0.717, 1.165) is 5.39 Å². The molecule has 0 aliphatic carbocycles. The summed E-state index contributed by atoms with van der Waals surface area (Å²) in [6, 6.07) is 8.71. The van der Waals surface area contributed by atoms with Gasteiger partial charge in [-0.05, 0) is 12.1 Å². The summed E-state index contributed by atoms with van der Waals surface area (Å²) in [5.41, 5.74) is 5.37. The van der Waals surface area contributed by atoms with Gasteiger partial charge >= 0.3 is 5.63 Å². The molecule has 2 aromatic rings. The number of rotatable bonds is 5. The maximum Gasteiger partial charge on any atom is 0.347 e. The van der Waals surface area contributed by atoms with Crippen molar-refractivity contribution in [1.82, 2.24) is 0 Å². The summed E-state index contributed by atoms with van der Waals surface area (Å²) in [7, 11) is 0. The molecule has 0 radical (unpaired) electrons. The molecule has 1 aromatic heterocycles. The molecule has 0 aliphatic heterocycles. The molecule has 1 aromatic carbocycles. The van der Waals surface area contributed by atoms with Crippen LogP contribution in [0.2, 0.25) is 0 Å². The summed E-state index contributed by atoms with van der Waals surface area (Å²) in [5, 5.41) is 0.754. The molecule has 0 aliphatic rings. The Morgan fingerprint density at radius 3 is 2.89 bits per heavy atom. The third kappa shape index (κ3) is 2.80. The van der Waals surface area contributed by atoms with E-state index < -0.39 is 5.63 Å². The van der Waals surface area contributed by atoms with E-state index in [1.54, 1.807) is 18.2 Å². The summed E-state index contributed by atoms with van der Waals surface area (Å²) < 4.78 is 5.11. The van der Waals surface area contributed by atoms with Crippen LogP contribution in [-0.4, -0.2) is 23.8 Å². The maximum absolute atomic E-state index is 11.9. The van der Waals surface area contributed by atoms with Gasteiger partial charge in [0.2, 0.25) is 0 Å². The number of nitrogens with two attached hydrogens (primary N) is 1. The van der Waals surface area contributed by atoms with Crippen molar-refractivity contribution in [3.05, 3.63) is 46.3 Å². The first kappa shape index (κ1) is 12.9. The second kappa shape index (κ2) is 5.84. The number of thioether (sulfide) groups is 1. The average molecular weight is 263 g/mol. The molecule has 2 rings (SSSR count). The lowest BCUT2D eigenvalue weighted by Gasteiger charge is -2.01. The number of hydrogen-bond acceptors (Lipinski definition) is 5. The zero-order valence-corrected chi connectivity index (χ0v) is 10.5. The van der Waals surface area contributed by atoms with Crippen LogP contribution in [-0.2, 0) is 0 Å². The molecule has 18 heavy (non-hydrogen) atoms. The van der Waals surface area contributed by atoms with Gasteiger partial charge in [-0.2, -0.15) is 11.8 Å². The Labute approximate surface area is 108 Å². The van der Waals surface area contributed by atoms with Gasteiger partial charge in [-0.15, -0.1) is 0 Å². The summed E-state index contributed by atoms with van der Waals surface area (Å²) in [4.78, 5) is 23.5. The Bertz CT molecular complexity index is 621. The van der Waals surface area contributed by atoms with Gasteiger partial charge in [-0.1, -0.05) is 18.2 Å². The fraction of sp³-hybridized carbons (Fsp3) is 0.231. The molecule has 94 valence electrons. The molecule has 4 nitrogen and oxygen atoms in total. The van der Waals surface area contributed by atoms with Crippen LogP contribution in [0.4, 0.5) is 0 Å². The molecule has 0 saturated heterocycles. The first-order valence-electron chi connectivity index (χ1n) is 5.56. The van der Waals surface area contributed by atoms with Gasteiger partial charge < -0.3 is 10.2 Å². The van der Waals surface area contributed by atoms with Gasteiger partial charge in [-0.3, -0.25) is 4.79 Å². The highest BCUT2D eigenvalue weighted by Gasteiger charge is 2.13. The normalized spacial score (nSPS) is 10.7. The average Bonchev–Trinajstić information content (AvgIpc) is 2.38. The molecule has 0 amide bonds. The standard InChI is InChI=1S/C13H13NO3S/c14-5-6-18-8-11(15)10-7-9-3-1-2-4-12(9)17-13(10)16/h1-4,7H,5-6,8,14H2. The second-order valence-corrected chi connectivity index (χ2v) is 4.85. The van der Waals surface area contributed by atoms with Gasteiger partial charge in [0.15, 0.2) is 5.78 Å². The van der Waals surface area contributed by atoms with E-state index in [0.29, 0.717) is 17.9 Å². The van der Waals surface area contributed by atoms with Crippen LogP contribution in [0, 0.1) is 0 Å². The van der Waals surface area contributed by atoms with Crippen molar-refractivity contribution in [3.63, 3.8) is 0 Å². The molecule has 0 fully saturated rings. The lowest BCUT2D eigenvalue weighted by atomic mass is 10.1. The van der Waals surface area contributed by atoms with E-state index in [1.807, 2.05) is 12.1 Å². The first-order valence-corrected chi connectivity index (χ1v) is 6.72. The Kier molecular flexibility index (Phi) is 4.17. The number of hydrogen-bond donors (Lipinski definition) is 1. The Morgan fingerprint density at radius 2 is 2.11 bits per heavy atom. The van der Waals surface area contributed by atoms with E-state index in [-0.39, 0.29) is 17.1 Å². The molecule has 5 heteroatoms. The van der Waals surface area contributed by atoms with E-state index in [2.05, 4.69) is 0 Å². The molecule has 1 heterocycles. The summed E-state index contributed by atoms with van der Waals surface area (Å²) in [6.45, 7) is 0.518. The van der Waals surface area contributed by atoms with Crippen LogP contribution in [0.3, 0.4) is 0 Å². The van der Waals surface area contributed by atoms with Gasteiger partial charge in [0.1, 0.15) is 11.1 Å². The largest absolute Gasteiger partial charge is 0.422 e. The Balaban J connectivity index is 2.30. The van der Waals surface area contributed by atoms with E-state index in [4.69, 9.17) is 10.2 Å². The lowest BCUT2D eigenvalue weighted by molar-refractivity contribution is 0.101. The monoisotopic (exact) mass is 263 g/mol. The topological polar surface area (TPSA) is 73.3 Å². The summed E-state index contributed by atoms with van der Waals surface area (Å²) in [5.74, 6) is 0.735. The minimum absolute atomic E-state index is 0.109. The minimum atomic E-state index is -0.577. The summed E-state index contributed by atoms with van der Waals surface area (Å²) >= 11 is 1.42. The van der Waals surface area contributed by atoms with Crippen molar-refractivity contribution >= 4 is 28.5 Å². The Hall–Kier alpha value is -1.59. The SMILES string of the molecule is NCCSCC(=O)c1cc2ccccc2oc1=O. The number of carbonyl (C=O) groups excluding carboxylic acids is 1. The van der Waals surface area contributed by atoms with Crippen molar-refractivity contribution in [2.75, 3.05) is 18.1 Å². The maximum atomic E-state index is 11.9. The molecule has 0 spiro atoms. The number of carbonyl (C=O) groups is 1. The fourth-order valence-electron chi connectivity index (χ4n) is 1.58. The predicted molar refractivity (Wildman–Crippen MR) is 73.2 cm³/mol. The fourth-order valence-corrected chi connectivity index (χ4v) is 2.23. The number of benzene rings is 1. The quantitative estimate of drug-likeness (QED) is 0.504. The number of para-hydroxylation sites is 1. The van der Waals surface area contributed by atoms with Crippen molar-refractivity contribution in [2.24, 2.45) is 5.73 Å². The van der Waals surface area contributed by atoms with Crippen LogP contribution in [0.25, 0.3) is 11.0 Å². The lowest BCUT2D eigenvalue weighted by Crippen LogP contribution is -2.16. The van der Waals surface area contributed by atoms with Crippen LogP contribution < -0.4 is 11.4 Å². The molecular weight excluding hydrogens is 250 g/mol. The molecular formula is C13H13NO3S. The van der Waals surface area contributed by atoms with Gasteiger partial charge in [0.25, 0.3) is 0 Å². The highest BCUT2D eigenvalue weighted by atomic mass is 32.2. The van der Waals surface area contributed by atoms with Gasteiger partial charge in [-0.25, -0.2) is 4.79 Å². The zero-order valence-electron chi connectivity index (χ0n) is 9.72. The van der Waals surface area contributed by atoms with E-state index in [9.17, 15) is 9.59 Å². The van der Waals surface area contributed by atoms with Crippen molar-refractivity contribution in [2.45, 2.75) is 0 Å². The smallest absolute Gasteiger partial charge is 0.347 e. The molecule has 0 bridgehead atoms. The van der Waals surface area contributed by atoms with Crippen LogP contribution >= 0.6 is 11.8 Å². The van der Waals surface area contributed by atoms with E-state index >= 15 is 0 Å². The third-order valence-electron chi connectivity index (χ3n) is 2.44. The molecule has 0 unspecified atom stereocenters. The Morgan fingerprint density at radius 1 is 1.33 bits per heavy atom. The summed E-state index contributed by atoms with van der Waals surface area (Å²) in [6.07, 6.45) is 0. The zero-order chi connectivity index (χ0) is 13.0. The molecule has 0 saturated carbocycles. The minimum Gasteiger partial charge on any atom is -0.422 e. The highest BCUT2D eigenvalue weighted by molar-refractivity contribution is 8.00. The highest BCUT2D eigenvalue weighted by Crippen LogP contribution is 2.13. The van der Waals surface area contributed by atoms with E-state index in [1.165, 1.54) is 11.8 Å². The first-order chi connectivity index (χ1) is 8.72. The predicted octanol–water partition coefficient (Wildman–Crippen LogP) is 1.67. The third-order valence-corrected chi connectivity index (χ3v) is 3.43. The number of fused-ring (bicyclic) bond motifs is 1. The number of ketones is 1. The number of Topliss-reactive ketones (excluding diaryl/α,β-unsaturated/α-hetero) is 1. The van der Waals surface area contributed by atoms with Crippen LogP contribution in [0.1, 0.15) is 10.4 Å². The van der Waals surface area contributed by atoms with Gasteiger partial charge in [0, 0.05) is 17.7 Å². The van der Waals surface area contributed by atoms with Crippen molar-refractivity contribution in [1.29, 1.82) is 0 Å². The molecule has 0 atom stereocenters. The molecule has 2 N–H and O–H groups in total. The second-order valence-electron chi connectivity index (χ2n) is 3.75. The van der Waals surface area contributed by atoms with Crippen LogP contribution in [0.5, 0.6) is 0 Å². The van der Waals surface area contributed by atoms with Crippen molar-refractivity contribution < 1.29 is 9.21 Å². The van der Waals surface area contributed by atoms with Crippen LogP contribution in [0.15, 0.2) is 39.5 Å². The van der Waals surface area contributed by atoms with Gasteiger partial charge in [0.05, 0.1) is 5.75 Å². The van der Waals surface area contributed by atoms with Crippen molar-refractivity contribution in [3.8, 4) is 0 Å².